The lowest BCUT2D eigenvalue weighted by Gasteiger charge is -2.32. The maximum atomic E-state index is 12.5. The first-order valence-corrected chi connectivity index (χ1v) is 26.6. The summed E-state index contributed by atoms with van der Waals surface area (Å²) in [4.78, 5) is 54.1. The third kappa shape index (κ3) is 30.8. The number of likely N-dealkylation sites (tertiary alicyclic amines) is 2. The summed E-state index contributed by atoms with van der Waals surface area (Å²) in [5.41, 5.74) is 0. The highest BCUT2D eigenvalue weighted by Crippen LogP contribution is 2.24. The standard InChI is InChI=1S/C50H92N2O8S/c1-5-8-11-13-14-16-21-46(20-15-12-9-6-2)42-59-49(55)24-17-22-47(53)57-38-30-44-26-32-51(33-27-44)36-40-61-41-37-52-34-28-45(29-35-52)31-39-58-48(54)23-18-25-50(56)60-43(4)19-10-7-3/h43-46H,5-42H2,1-4H3. The quantitative estimate of drug-likeness (QED) is 0.0336. The molecule has 0 bridgehead atoms. The summed E-state index contributed by atoms with van der Waals surface area (Å²) < 4.78 is 22.1. The van der Waals surface area contributed by atoms with Crippen molar-refractivity contribution in [2.45, 2.75) is 207 Å². The van der Waals surface area contributed by atoms with Crippen molar-refractivity contribution in [3.63, 3.8) is 0 Å². The summed E-state index contributed by atoms with van der Waals surface area (Å²) in [6, 6.07) is 0. The lowest BCUT2D eigenvalue weighted by molar-refractivity contribution is -0.150. The van der Waals surface area contributed by atoms with Gasteiger partial charge in [0.05, 0.1) is 25.9 Å². The van der Waals surface area contributed by atoms with Gasteiger partial charge in [0.25, 0.3) is 0 Å². The monoisotopic (exact) mass is 881 g/mol. The molecule has 11 heteroatoms. The van der Waals surface area contributed by atoms with Crippen LogP contribution in [0.5, 0.6) is 0 Å². The van der Waals surface area contributed by atoms with Gasteiger partial charge in [-0.2, -0.15) is 11.8 Å². The Hall–Kier alpha value is -1.85. The molecular weight excluding hydrogens is 789 g/mol. The van der Waals surface area contributed by atoms with Crippen LogP contribution in [0.3, 0.4) is 0 Å². The molecule has 10 nitrogen and oxygen atoms in total. The van der Waals surface area contributed by atoms with E-state index in [-0.39, 0.29) is 55.7 Å². The van der Waals surface area contributed by atoms with E-state index in [9.17, 15) is 19.2 Å². The molecule has 2 heterocycles. The van der Waals surface area contributed by atoms with Crippen LogP contribution in [0.15, 0.2) is 0 Å². The second-order valence-corrected chi connectivity index (χ2v) is 19.5. The molecular formula is C50H92N2O8S. The van der Waals surface area contributed by atoms with Gasteiger partial charge >= 0.3 is 23.9 Å². The first-order valence-electron chi connectivity index (χ1n) is 25.4. The minimum Gasteiger partial charge on any atom is -0.466 e. The number of rotatable bonds is 38. The Morgan fingerprint density at radius 1 is 0.525 bits per heavy atom. The van der Waals surface area contributed by atoms with Gasteiger partial charge in [-0.1, -0.05) is 97.8 Å². The summed E-state index contributed by atoms with van der Waals surface area (Å²) in [5, 5.41) is 0. The molecule has 0 N–H and O–H groups in total. The van der Waals surface area contributed by atoms with E-state index in [1.807, 2.05) is 6.92 Å². The van der Waals surface area contributed by atoms with Crippen LogP contribution in [0.4, 0.5) is 0 Å². The molecule has 2 fully saturated rings. The fourth-order valence-corrected chi connectivity index (χ4v) is 9.54. The number of unbranched alkanes of at least 4 members (excludes halogenated alkanes) is 9. The van der Waals surface area contributed by atoms with Gasteiger partial charge in [0.2, 0.25) is 0 Å². The largest absolute Gasteiger partial charge is 0.466 e. The molecule has 0 aliphatic carbocycles. The minimum atomic E-state index is -0.221. The van der Waals surface area contributed by atoms with Gasteiger partial charge < -0.3 is 28.7 Å². The highest BCUT2D eigenvalue weighted by atomic mass is 32.2. The third-order valence-electron chi connectivity index (χ3n) is 12.8. The van der Waals surface area contributed by atoms with E-state index in [1.165, 1.54) is 64.2 Å². The van der Waals surface area contributed by atoms with Crippen molar-refractivity contribution in [2.75, 3.05) is 70.6 Å². The van der Waals surface area contributed by atoms with E-state index in [1.54, 1.807) is 0 Å². The van der Waals surface area contributed by atoms with E-state index < -0.39 is 0 Å². The first kappa shape index (κ1) is 55.3. The van der Waals surface area contributed by atoms with Gasteiger partial charge in [-0.05, 0) is 121 Å². The van der Waals surface area contributed by atoms with Crippen LogP contribution in [0.25, 0.3) is 0 Å². The molecule has 0 radical (unpaired) electrons. The number of esters is 4. The van der Waals surface area contributed by atoms with Crippen LogP contribution in [0.1, 0.15) is 201 Å². The Morgan fingerprint density at radius 3 is 1.44 bits per heavy atom. The van der Waals surface area contributed by atoms with Crippen LogP contribution in [0.2, 0.25) is 0 Å². The van der Waals surface area contributed by atoms with Crippen molar-refractivity contribution >= 4 is 35.6 Å². The molecule has 0 aromatic heterocycles. The van der Waals surface area contributed by atoms with Crippen LogP contribution in [0, 0.1) is 17.8 Å². The Labute approximate surface area is 377 Å². The molecule has 2 saturated heterocycles. The molecule has 2 rings (SSSR count). The van der Waals surface area contributed by atoms with Crippen LogP contribution in [-0.2, 0) is 38.1 Å². The van der Waals surface area contributed by atoms with Crippen LogP contribution in [-0.4, -0.2) is 110 Å². The number of carbonyl (C=O) groups excluding carboxylic acids is 4. The zero-order valence-corrected chi connectivity index (χ0v) is 40.6. The number of thioether (sulfide) groups is 1. The van der Waals surface area contributed by atoms with Gasteiger partial charge in [0, 0.05) is 50.3 Å². The highest BCUT2D eigenvalue weighted by Gasteiger charge is 2.22. The molecule has 0 aromatic rings. The van der Waals surface area contributed by atoms with Crippen molar-refractivity contribution in [2.24, 2.45) is 17.8 Å². The van der Waals surface area contributed by atoms with Gasteiger partial charge in [0.15, 0.2) is 0 Å². The predicted octanol–water partition coefficient (Wildman–Crippen LogP) is 11.4. The zero-order chi connectivity index (χ0) is 44.2. The lowest BCUT2D eigenvalue weighted by Crippen LogP contribution is -2.36. The Bertz CT molecular complexity index is 1110. The zero-order valence-electron chi connectivity index (χ0n) is 39.7. The number of piperidine rings is 2. The normalized spacial score (nSPS) is 16.6. The van der Waals surface area contributed by atoms with E-state index in [4.69, 9.17) is 18.9 Å². The molecule has 0 spiro atoms. The number of carbonyl (C=O) groups is 4. The van der Waals surface area contributed by atoms with E-state index in [0.29, 0.717) is 50.4 Å². The molecule has 0 amide bonds. The fourth-order valence-electron chi connectivity index (χ4n) is 8.57. The first-order chi connectivity index (χ1) is 29.7. The van der Waals surface area contributed by atoms with Crippen LogP contribution >= 0.6 is 11.8 Å². The number of nitrogens with zero attached hydrogens (tertiary/aromatic N) is 2. The summed E-state index contributed by atoms with van der Waals surface area (Å²) >= 11 is 2.05. The highest BCUT2D eigenvalue weighted by molar-refractivity contribution is 7.99. The van der Waals surface area contributed by atoms with E-state index in [0.717, 1.165) is 121 Å². The number of hydrogen-bond donors (Lipinski definition) is 0. The van der Waals surface area contributed by atoms with Gasteiger partial charge in [-0.3, -0.25) is 19.2 Å². The molecule has 2 aliphatic rings. The van der Waals surface area contributed by atoms with Crippen molar-refractivity contribution in [3.8, 4) is 0 Å². The summed E-state index contributed by atoms with van der Waals surface area (Å²) in [6.45, 7) is 16.8. The van der Waals surface area contributed by atoms with Crippen molar-refractivity contribution in [1.29, 1.82) is 0 Å². The molecule has 2 unspecified atom stereocenters. The van der Waals surface area contributed by atoms with Crippen molar-refractivity contribution < 1.29 is 38.1 Å². The van der Waals surface area contributed by atoms with Gasteiger partial charge in [0.1, 0.15) is 0 Å². The molecule has 2 atom stereocenters. The predicted molar refractivity (Wildman–Crippen MR) is 251 cm³/mol. The second-order valence-electron chi connectivity index (χ2n) is 18.3. The molecule has 2 aliphatic heterocycles. The Morgan fingerprint density at radius 2 is 0.951 bits per heavy atom. The fraction of sp³-hybridized carbons (Fsp3) is 0.920. The number of hydrogen-bond acceptors (Lipinski definition) is 11. The van der Waals surface area contributed by atoms with Crippen molar-refractivity contribution in [1.82, 2.24) is 9.80 Å². The minimum absolute atomic E-state index is 0.0554. The summed E-state index contributed by atoms with van der Waals surface area (Å²) in [6.07, 6.45) is 26.6. The number of ether oxygens (including phenoxy) is 4. The van der Waals surface area contributed by atoms with Crippen LogP contribution < -0.4 is 0 Å². The summed E-state index contributed by atoms with van der Waals surface area (Å²) in [5.74, 6) is 3.20. The maximum Gasteiger partial charge on any atom is 0.306 e. The molecule has 0 saturated carbocycles. The van der Waals surface area contributed by atoms with E-state index >= 15 is 0 Å². The topological polar surface area (TPSA) is 112 Å². The van der Waals surface area contributed by atoms with Crippen molar-refractivity contribution in [3.05, 3.63) is 0 Å². The molecule has 0 aromatic carbocycles. The average Bonchev–Trinajstić information content (AvgIpc) is 3.25. The molecule has 61 heavy (non-hydrogen) atoms. The maximum absolute atomic E-state index is 12.5. The average molecular weight is 881 g/mol. The molecule has 356 valence electrons. The van der Waals surface area contributed by atoms with E-state index in [2.05, 4.69) is 42.3 Å². The Balaban J connectivity index is 1.41. The smallest absolute Gasteiger partial charge is 0.306 e. The second kappa shape index (κ2) is 37.5. The SMILES string of the molecule is CCCCCCCCC(CCCCCC)COC(=O)CCCC(=O)OCCC1CCN(CCSCCN2CCC(CCOC(=O)CCCC(=O)OC(C)CCCC)CC2)CC1. The van der Waals surface area contributed by atoms with Gasteiger partial charge in [-0.25, -0.2) is 0 Å². The summed E-state index contributed by atoms with van der Waals surface area (Å²) in [7, 11) is 0. The van der Waals surface area contributed by atoms with Gasteiger partial charge in [-0.15, -0.1) is 0 Å². The lowest BCUT2D eigenvalue weighted by atomic mass is 9.94. The Kier molecular flexibility index (Phi) is 34.0. The third-order valence-corrected chi connectivity index (χ3v) is 13.8.